The van der Waals surface area contributed by atoms with E-state index in [9.17, 15) is 4.79 Å². The smallest absolute Gasteiger partial charge is 0.312 e. The number of para-hydroxylation sites is 1. The van der Waals surface area contributed by atoms with Crippen LogP contribution >= 0.6 is 0 Å². The van der Waals surface area contributed by atoms with Gasteiger partial charge in [-0.3, -0.25) is 4.79 Å². The van der Waals surface area contributed by atoms with Crippen LogP contribution in [0, 0.1) is 11.8 Å². The molecule has 0 amide bonds. The zero-order valence-electron chi connectivity index (χ0n) is 11.6. The van der Waals surface area contributed by atoms with Gasteiger partial charge in [0.05, 0.1) is 12.5 Å². The lowest BCUT2D eigenvalue weighted by molar-refractivity contribution is -0.151. The number of rotatable bonds is 3. The SMILES string of the molecule is O=C(OCC1CC=CCC1)C1COc2ccccc2C1. The summed E-state index contributed by atoms with van der Waals surface area (Å²) in [7, 11) is 0. The van der Waals surface area contributed by atoms with Crippen molar-refractivity contribution in [3.8, 4) is 5.75 Å². The lowest BCUT2D eigenvalue weighted by Crippen LogP contribution is -2.31. The van der Waals surface area contributed by atoms with Crippen molar-refractivity contribution in [1.29, 1.82) is 0 Å². The Balaban J connectivity index is 1.52. The Bertz CT molecular complexity index is 507. The average molecular weight is 272 g/mol. The molecule has 1 aromatic carbocycles. The van der Waals surface area contributed by atoms with Gasteiger partial charge in [-0.05, 0) is 43.2 Å². The third-order valence-electron chi connectivity index (χ3n) is 4.05. The molecule has 0 saturated heterocycles. The van der Waals surface area contributed by atoms with Gasteiger partial charge >= 0.3 is 5.97 Å². The fraction of sp³-hybridized carbons (Fsp3) is 0.471. The third-order valence-corrected chi connectivity index (χ3v) is 4.05. The Hall–Kier alpha value is -1.77. The maximum absolute atomic E-state index is 12.1. The monoisotopic (exact) mass is 272 g/mol. The van der Waals surface area contributed by atoms with Crippen molar-refractivity contribution in [1.82, 2.24) is 0 Å². The van der Waals surface area contributed by atoms with Gasteiger partial charge in [0.25, 0.3) is 0 Å². The summed E-state index contributed by atoms with van der Waals surface area (Å²) in [5.74, 6) is 1.10. The molecule has 3 nitrogen and oxygen atoms in total. The van der Waals surface area contributed by atoms with Gasteiger partial charge in [0.1, 0.15) is 12.4 Å². The highest BCUT2D eigenvalue weighted by molar-refractivity contribution is 5.73. The first kappa shape index (κ1) is 13.2. The summed E-state index contributed by atoms with van der Waals surface area (Å²) in [6.07, 6.45) is 8.35. The second kappa shape index (κ2) is 6.12. The van der Waals surface area contributed by atoms with Crippen LogP contribution in [-0.4, -0.2) is 19.2 Å². The van der Waals surface area contributed by atoms with Crippen LogP contribution in [0.25, 0.3) is 0 Å². The molecule has 2 unspecified atom stereocenters. The molecule has 0 spiro atoms. The van der Waals surface area contributed by atoms with E-state index in [1.807, 2.05) is 24.3 Å². The number of hydrogen-bond donors (Lipinski definition) is 0. The first-order valence-electron chi connectivity index (χ1n) is 7.35. The van der Waals surface area contributed by atoms with E-state index in [0.717, 1.165) is 37.0 Å². The van der Waals surface area contributed by atoms with Gasteiger partial charge in [0, 0.05) is 0 Å². The Morgan fingerprint density at radius 1 is 1.30 bits per heavy atom. The summed E-state index contributed by atoms with van der Waals surface area (Å²) in [5, 5.41) is 0. The summed E-state index contributed by atoms with van der Waals surface area (Å²) >= 11 is 0. The number of hydrogen-bond acceptors (Lipinski definition) is 3. The van der Waals surface area contributed by atoms with E-state index in [1.54, 1.807) is 0 Å². The summed E-state index contributed by atoms with van der Waals surface area (Å²) in [6.45, 7) is 0.974. The summed E-state index contributed by atoms with van der Waals surface area (Å²) in [6, 6.07) is 7.89. The summed E-state index contributed by atoms with van der Waals surface area (Å²) < 4.78 is 11.1. The standard InChI is InChI=1S/C17H20O3/c18-17(20-11-13-6-2-1-3-7-13)15-10-14-8-4-5-9-16(14)19-12-15/h1-2,4-5,8-9,13,15H,3,6-7,10-12H2. The third kappa shape index (κ3) is 3.03. The van der Waals surface area contributed by atoms with Gasteiger partial charge in [0.2, 0.25) is 0 Å². The molecule has 0 aromatic heterocycles. The Morgan fingerprint density at radius 2 is 2.20 bits per heavy atom. The molecule has 2 aliphatic rings. The first-order chi connectivity index (χ1) is 9.83. The number of esters is 1. The molecule has 1 aliphatic carbocycles. The highest BCUT2D eigenvalue weighted by Crippen LogP contribution is 2.27. The van der Waals surface area contributed by atoms with Crippen LogP contribution in [-0.2, 0) is 16.0 Å². The minimum Gasteiger partial charge on any atom is -0.492 e. The van der Waals surface area contributed by atoms with Gasteiger partial charge in [-0.25, -0.2) is 0 Å². The highest BCUT2D eigenvalue weighted by Gasteiger charge is 2.27. The van der Waals surface area contributed by atoms with Crippen LogP contribution in [0.4, 0.5) is 0 Å². The van der Waals surface area contributed by atoms with Crippen molar-refractivity contribution in [3.05, 3.63) is 42.0 Å². The van der Waals surface area contributed by atoms with Crippen molar-refractivity contribution >= 4 is 5.97 Å². The van der Waals surface area contributed by atoms with E-state index in [0.29, 0.717) is 19.1 Å². The number of ether oxygens (including phenoxy) is 2. The van der Waals surface area contributed by atoms with Crippen LogP contribution < -0.4 is 4.74 Å². The van der Waals surface area contributed by atoms with Gasteiger partial charge in [0.15, 0.2) is 0 Å². The maximum atomic E-state index is 12.1. The topological polar surface area (TPSA) is 35.5 Å². The molecular weight excluding hydrogens is 252 g/mol. The molecule has 0 N–H and O–H groups in total. The van der Waals surface area contributed by atoms with Gasteiger partial charge in [-0.15, -0.1) is 0 Å². The van der Waals surface area contributed by atoms with Crippen molar-refractivity contribution in [2.45, 2.75) is 25.7 Å². The normalized spacial score (nSPS) is 24.6. The van der Waals surface area contributed by atoms with Crippen molar-refractivity contribution < 1.29 is 14.3 Å². The molecule has 0 radical (unpaired) electrons. The fourth-order valence-corrected chi connectivity index (χ4v) is 2.80. The second-order valence-electron chi connectivity index (χ2n) is 5.60. The minimum atomic E-state index is -0.163. The van der Waals surface area contributed by atoms with E-state index in [1.165, 1.54) is 0 Å². The van der Waals surface area contributed by atoms with Crippen molar-refractivity contribution in [3.63, 3.8) is 0 Å². The molecule has 1 aliphatic heterocycles. The molecule has 106 valence electrons. The zero-order chi connectivity index (χ0) is 13.8. The predicted molar refractivity (Wildman–Crippen MR) is 76.6 cm³/mol. The molecule has 3 heteroatoms. The Morgan fingerprint density at radius 3 is 3.05 bits per heavy atom. The van der Waals surface area contributed by atoms with E-state index >= 15 is 0 Å². The lowest BCUT2D eigenvalue weighted by atomic mass is 9.95. The molecule has 20 heavy (non-hydrogen) atoms. The molecule has 0 bridgehead atoms. The number of allylic oxidation sites excluding steroid dienone is 2. The first-order valence-corrected chi connectivity index (χ1v) is 7.35. The van der Waals surface area contributed by atoms with Crippen LogP contribution in [0.2, 0.25) is 0 Å². The molecule has 3 rings (SSSR count). The number of fused-ring (bicyclic) bond motifs is 1. The van der Waals surface area contributed by atoms with Gasteiger partial charge < -0.3 is 9.47 Å². The van der Waals surface area contributed by atoms with Crippen molar-refractivity contribution in [2.75, 3.05) is 13.2 Å². The molecule has 2 atom stereocenters. The average Bonchev–Trinajstić information content (AvgIpc) is 2.53. The fourth-order valence-electron chi connectivity index (χ4n) is 2.80. The zero-order valence-corrected chi connectivity index (χ0v) is 11.6. The summed E-state index contributed by atoms with van der Waals surface area (Å²) in [5.41, 5.74) is 1.10. The lowest BCUT2D eigenvalue weighted by Gasteiger charge is -2.25. The number of carbonyl (C=O) groups excluding carboxylic acids is 1. The van der Waals surface area contributed by atoms with Crippen LogP contribution in [0.5, 0.6) is 5.75 Å². The summed E-state index contributed by atoms with van der Waals surface area (Å²) in [4.78, 5) is 12.1. The van der Waals surface area contributed by atoms with Gasteiger partial charge in [-0.1, -0.05) is 30.4 Å². The molecule has 1 aromatic rings. The van der Waals surface area contributed by atoms with Crippen LogP contribution in [0.15, 0.2) is 36.4 Å². The molecule has 0 saturated carbocycles. The second-order valence-corrected chi connectivity index (χ2v) is 5.60. The minimum absolute atomic E-state index is 0.117. The van der Waals surface area contributed by atoms with E-state index in [2.05, 4.69) is 12.2 Å². The number of benzene rings is 1. The molecule has 0 fully saturated rings. The molecular formula is C17H20O3. The van der Waals surface area contributed by atoms with E-state index in [4.69, 9.17) is 9.47 Å². The van der Waals surface area contributed by atoms with E-state index in [-0.39, 0.29) is 11.9 Å². The van der Waals surface area contributed by atoms with E-state index < -0.39 is 0 Å². The quantitative estimate of drug-likeness (QED) is 0.626. The largest absolute Gasteiger partial charge is 0.492 e. The number of carbonyl (C=O) groups is 1. The van der Waals surface area contributed by atoms with Crippen LogP contribution in [0.3, 0.4) is 0 Å². The Kier molecular flexibility index (Phi) is 4.05. The van der Waals surface area contributed by atoms with Crippen LogP contribution in [0.1, 0.15) is 24.8 Å². The Labute approximate surface area is 119 Å². The molecule has 1 heterocycles. The predicted octanol–water partition coefficient (Wildman–Crippen LogP) is 3.14. The highest BCUT2D eigenvalue weighted by atomic mass is 16.5. The van der Waals surface area contributed by atoms with Gasteiger partial charge in [-0.2, -0.15) is 0 Å². The maximum Gasteiger partial charge on any atom is 0.312 e. The van der Waals surface area contributed by atoms with Crippen molar-refractivity contribution in [2.24, 2.45) is 11.8 Å².